The van der Waals surface area contributed by atoms with Gasteiger partial charge in [-0.2, -0.15) is 0 Å². The minimum atomic E-state index is -0.112. The molecule has 0 spiro atoms. The summed E-state index contributed by atoms with van der Waals surface area (Å²) in [5, 5.41) is 4.48. The largest absolute Gasteiger partial charge is 0.322 e. The predicted octanol–water partition coefficient (Wildman–Crippen LogP) is 4.01. The van der Waals surface area contributed by atoms with E-state index in [-0.39, 0.29) is 11.6 Å². The summed E-state index contributed by atoms with van der Waals surface area (Å²) in [7, 11) is 0. The Morgan fingerprint density at radius 2 is 1.58 bits per heavy atom. The number of nitrogens with zero attached hydrogens (tertiary/aromatic N) is 3. The maximum absolute atomic E-state index is 13.0. The molecule has 0 bridgehead atoms. The van der Waals surface area contributed by atoms with Crippen molar-refractivity contribution in [1.29, 1.82) is 0 Å². The van der Waals surface area contributed by atoms with E-state index in [1.807, 2.05) is 35.2 Å². The van der Waals surface area contributed by atoms with Crippen LogP contribution in [-0.2, 0) is 13.1 Å². The van der Waals surface area contributed by atoms with Gasteiger partial charge >= 0.3 is 6.03 Å². The molecule has 0 aliphatic carbocycles. The number of urea groups is 1. The van der Waals surface area contributed by atoms with Gasteiger partial charge in [0.2, 0.25) is 0 Å². The zero-order valence-electron chi connectivity index (χ0n) is 18.3. The van der Waals surface area contributed by atoms with Crippen LogP contribution in [0.3, 0.4) is 0 Å². The van der Waals surface area contributed by atoms with Crippen molar-refractivity contribution >= 4 is 22.5 Å². The third-order valence-electron chi connectivity index (χ3n) is 5.71. The monoisotopic (exact) mass is 418 g/mol. The third kappa shape index (κ3) is 4.97. The summed E-state index contributed by atoms with van der Waals surface area (Å²) in [6.07, 6.45) is 1.79. The highest BCUT2D eigenvalue weighted by Crippen LogP contribution is 2.21. The van der Waals surface area contributed by atoms with E-state index in [2.05, 4.69) is 48.3 Å². The van der Waals surface area contributed by atoms with Crippen LogP contribution in [0.5, 0.6) is 0 Å². The number of hydrogen-bond donors (Lipinski definition) is 1. The molecular weight excluding hydrogens is 388 g/mol. The molecule has 2 aromatic carbocycles. The van der Waals surface area contributed by atoms with Crippen molar-refractivity contribution in [2.75, 3.05) is 31.5 Å². The molecule has 3 aromatic rings. The molecule has 2 amide bonds. The van der Waals surface area contributed by atoms with Crippen molar-refractivity contribution in [2.24, 2.45) is 5.92 Å². The highest BCUT2D eigenvalue weighted by molar-refractivity contribution is 6.01. The lowest BCUT2D eigenvalue weighted by Gasteiger charge is -2.34. The fraction of sp³-hybridized carbons (Fsp3) is 0.360. The van der Waals surface area contributed by atoms with Gasteiger partial charge in [-0.15, -0.1) is 0 Å². The van der Waals surface area contributed by atoms with Gasteiger partial charge in [-0.1, -0.05) is 62.4 Å². The lowest BCUT2D eigenvalue weighted by atomic mass is 10.1. The highest BCUT2D eigenvalue weighted by atomic mass is 16.2. The number of hydrogen-bond acceptors (Lipinski definition) is 3. The number of nitrogens with one attached hydrogen (secondary N) is 1. The van der Waals surface area contributed by atoms with E-state index in [0.717, 1.165) is 25.0 Å². The summed E-state index contributed by atoms with van der Waals surface area (Å²) >= 11 is 0. The predicted molar refractivity (Wildman–Crippen MR) is 125 cm³/mol. The van der Waals surface area contributed by atoms with Crippen LogP contribution in [0.1, 0.15) is 19.4 Å². The summed E-state index contributed by atoms with van der Waals surface area (Å²) in [6, 6.07) is 17.8. The molecule has 4 rings (SSSR count). The average Bonchev–Trinajstić information content (AvgIpc) is 2.78. The summed E-state index contributed by atoms with van der Waals surface area (Å²) in [5.41, 5.74) is 1.96. The number of piperazine rings is 1. The van der Waals surface area contributed by atoms with Gasteiger partial charge in [-0.25, -0.2) is 4.79 Å². The number of pyridine rings is 1. The Hall–Kier alpha value is -3.12. The smallest absolute Gasteiger partial charge is 0.321 e. The molecule has 1 fully saturated rings. The van der Waals surface area contributed by atoms with E-state index in [9.17, 15) is 9.59 Å². The summed E-state index contributed by atoms with van der Waals surface area (Å²) in [5.74, 6) is 0.333. The fourth-order valence-electron chi connectivity index (χ4n) is 4.12. The Kier molecular flexibility index (Phi) is 6.37. The minimum Gasteiger partial charge on any atom is -0.322 e. The molecule has 1 aliphatic rings. The summed E-state index contributed by atoms with van der Waals surface area (Å²) in [4.78, 5) is 30.1. The minimum absolute atomic E-state index is 0.0168. The van der Waals surface area contributed by atoms with E-state index in [1.165, 1.54) is 5.56 Å². The molecular formula is C25H30N4O2. The van der Waals surface area contributed by atoms with Gasteiger partial charge in [0.25, 0.3) is 5.56 Å². The van der Waals surface area contributed by atoms with Gasteiger partial charge in [-0.3, -0.25) is 9.69 Å². The van der Waals surface area contributed by atoms with E-state index in [0.29, 0.717) is 36.6 Å². The molecule has 0 saturated carbocycles. The molecule has 0 unspecified atom stereocenters. The quantitative estimate of drug-likeness (QED) is 0.681. The lowest BCUT2D eigenvalue weighted by Crippen LogP contribution is -2.49. The van der Waals surface area contributed by atoms with Gasteiger partial charge in [0.15, 0.2) is 0 Å². The second-order valence-electron chi connectivity index (χ2n) is 8.62. The zero-order valence-corrected chi connectivity index (χ0v) is 18.3. The average molecular weight is 419 g/mol. The van der Waals surface area contributed by atoms with Crippen LogP contribution in [-0.4, -0.2) is 46.6 Å². The molecule has 1 aromatic heterocycles. The Morgan fingerprint density at radius 1 is 0.935 bits per heavy atom. The SMILES string of the molecule is CC(C)Cn1cc(NC(=O)N2CCN(Cc3ccccc3)CC2)c2ccccc2c1=O. The number of benzene rings is 2. The van der Waals surface area contributed by atoms with Crippen LogP contribution in [0.15, 0.2) is 65.6 Å². The zero-order chi connectivity index (χ0) is 21.8. The highest BCUT2D eigenvalue weighted by Gasteiger charge is 2.22. The Bertz CT molecular complexity index is 1100. The van der Waals surface area contributed by atoms with Crippen molar-refractivity contribution in [3.05, 3.63) is 76.7 Å². The van der Waals surface area contributed by atoms with Crippen LogP contribution < -0.4 is 10.9 Å². The molecule has 2 heterocycles. The Morgan fingerprint density at radius 3 is 2.26 bits per heavy atom. The number of amides is 2. The van der Waals surface area contributed by atoms with Crippen molar-refractivity contribution in [3.63, 3.8) is 0 Å². The van der Waals surface area contributed by atoms with E-state index in [4.69, 9.17) is 0 Å². The maximum Gasteiger partial charge on any atom is 0.321 e. The summed E-state index contributed by atoms with van der Waals surface area (Å²) < 4.78 is 1.71. The van der Waals surface area contributed by atoms with Crippen molar-refractivity contribution in [1.82, 2.24) is 14.4 Å². The number of carbonyl (C=O) groups excluding carboxylic acids is 1. The molecule has 1 aliphatic heterocycles. The standard InChI is InChI=1S/C25H30N4O2/c1-19(2)16-29-18-23(21-10-6-7-11-22(21)24(29)30)26-25(31)28-14-12-27(13-15-28)17-20-8-4-3-5-9-20/h3-11,18-19H,12-17H2,1-2H3,(H,26,31). The van der Waals surface area contributed by atoms with E-state index in [1.54, 1.807) is 10.8 Å². The second kappa shape index (κ2) is 9.35. The lowest BCUT2D eigenvalue weighted by molar-refractivity contribution is 0.143. The first kappa shape index (κ1) is 21.1. The first-order valence-electron chi connectivity index (χ1n) is 11.0. The number of fused-ring (bicyclic) bond motifs is 1. The van der Waals surface area contributed by atoms with Crippen molar-refractivity contribution in [3.8, 4) is 0 Å². The molecule has 31 heavy (non-hydrogen) atoms. The van der Waals surface area contributed by atoms with Gasteiger partial charge in [-0.05, 0) is 17.5 Å². The van der Waals surface area contributed by atoms with Gasteiger partial charge in [0.05, 0.1) is 5.69 Å². The van der Waals surface area contributed by atoms with Crippen LogP contribution in [0.4, 0.5) is 10.5 Å². The van der Waals surface area contributed by atoms with Crippen LogP contribution >= 0.6 is 0 Å². The fourth-order valence-corrected chi connectivity index (χ4v) is 4.12. The molecule has 0 radical (unpaired) electrons. The van der Waals surface area contributed by atoms with E-state index < -0.39 is 0 Å². The van der Waals surface area contributed by atoms with Crippen LogP contribution in [0.25, 0.3) is 10.8 Å². The molecule has 1 saturated heterocycles. The van der Waals surface area contributed by atoms with Crippen LogP contribution in [0.2, 0.25) is 0 Å². The second-order valence-corrected chi connectivity index (χ2v) is 8.62. The first-order valence-corrected chi connectivity index (χ1v) is 11.0. The number of carbonyl (C=O) groups is 1. The first-order chi connectivity index (χ1) is 15.0. The number of anilines is 1. The number of rotatable bonds is 5. The number of aromatic nitrogens is 1. The van der Waals surface area contributed by atoms with Gasteiger partial charge < -0.3 is 14.8 Å². The van der Waals surface area contributed by atoms with Crippen molar-refractivity contribution in [2.45, 2.75) is 26.9 Å². The van der Waals surface area contributed by atoms with E-state index >= 15 is 0 Å². The summed E-state index contributed by atoms with van der Waals surface area (Å²) in [6.45, 7) is 8.73. The molecule has 0 atom stereocenters. The van der Waals surface area contributed by atoms with Gasteiger partial charge in [0.1, 0.15) is 0 Å². The topological polar surface area (TPSA) is 57.6 Å². The van der Waals surface area contributed by atoms with Gasteiger partial charge in [0, 0.05) is 56.2 Å². The van der Waals surface area contributed by atoms with Crippen molar-refractivity contribution < 1.29 is 4.79 Å². The molecule has 1 N–H and O–H groups in total. The third-order valence-corrected chi connectivity index (χ3v) is 5.71. The maximum atomic E-state index is 13.0. The normalized spacial score (nSPS) is 14.9. The Balaban J connectivity index is 1.46. The molecule has 6 heteroatoms. The molecule has 6 nitrogen and oxygen atoms in total. The Labute approximate surface area is 183 Å². The van der Waals surface area contributed by atoms with Crippen LogP contribution in [0, 0.1) is 5.92 Å². The molecule has 162 valence electrons.